The largest absolute Gasteiger partial charge is 0.380 e. The predicted octanol–water partition coefficient (Wildman–Crippen LogP) is 2.96. The Balaban J connectivity index is 2.04. The summed E-state index contributed by atoms with van der Waals surface area (Å²) in [4.78, 5) is 12.0. The van der Waals surface area contributed by atoms with Crippen molar-refractivity contribution >= 4 is 35.1 Å². The van der Waals surface area contributed by atoms with Crippen LogP contribution in [-0.4, -0.2) is 28.7 Å². The van der Waals surface area contributed by atoms with Gasteiger partial charge in [-0.05, 0) is 30.7 Å². The van der Waals surface area contributed by atoms with Crippen LogP contribution >= 0.6 is 23.5 Å². The van der Waals surface area contributed by atoms with Gasteiger partial charge in [0.15, 0.2) is 0 Å². The van der Waals surface area contributed by atoms with Crippen LogP contribution in [0.2, 0.25) is 0 Å². The minimum absolute atomic E-state index is 0.276. The number of amides is 1. The van der Waals surface area contributed by atoms with Crippen molar-refractivity contribution < 1.29 is 4.79 Å². The SMILES string of the molecule is CC1SCCCC1Nc1ccccc1SCC(N)=O. The molecule has 104 valence electrons. The average molecular weight is 296 g/mol. The first-order chi connectivity index (χ1) is 9.16. The lowest BCUT2D eigenvalue weighted by molar-refractivity contribution is -0.115. The van der Waals surface area contributed by atoms with Gasteiger partial charge in [-0.25, -0.2) is 0 Å². The highest BCUT2D eigenvalue weighted by Gasteiger charge is 2.22. The third-order valence-corrected chi connectivity index (χ3v) is 5.68. The Labute approximate surface area is 123 Å². The summed E-state index contributed by atoms with van der Waals surface area (Å²) in [6.07, 6.45) is 2.48. The minimum atomic E-state index is -0.276. The third-order valence-electron chi connectivity index (χ3n) is 3.20. The second-order valence-corrected chi connectivity index (χ2v) is 7.22. The Bertz CT molecular complexity index is 439. The predicted molar refractivity (Wildman–Crippen MR) is 84.9 cm³/mol. The van der Waals surface area contributed by atoms with Gasteiger partial charge in [0.25, 0.3) is 0 Å². The molecule has 1 fully saturated rings. The molecule has 5 heteroatoms. The molecule has 1 amide bonds. The Morgan fingerprint density at radius 3 is 3.05 bits per heavy atom. The zero-order valence-corrected chi connectivity index (χ0v) is 12.7. The van der Waals surface area contributed by atoms with Crippen LogP contribution in [0.15, 0.2) is 29.2 Å². The highest BCUT2D eigenvalue weighted by Crippen LogP contribution is 2.32. The maximum atomic E-state index is 10.9. The number of carbonyl (C=O) groups excluding carboxylic acids is 1. The van der Waals surface area contributed by atoms with Gasteiger partial charge < -0.3 is 11.1 Å². The van der Waals surface area contributed by atoms with E-state index in [0.29, 0.717) is 17.0 Å². The molecule has 2 unspecified atom stereocenters. The van der Waals surface area contributed by atoms with Gasteiger partial charge in [0.2, 0.25) is 5.91 Å². The van der Waals surface area contributed by atoms with Gasteiger partial charge in [-0.3, -0.25) is 4.79 Å². The molecule has 1 aliphatic heterocycles. The third kappa shape index (κ3) is 4.35. The number of anilines is 1. The van der Waals surface area contributed by atoms with Gasteiger partial charge >= 0.3 is 0 Å². The summed E-state index contributed by atoms with van der Waals surface area (Å²) in [5.74, 6) is 1.31. The van der Waals surface area contributed by atoms with Crippen LogP contribution in [0.1, 0.15) is 19.8 Å². The quantitative estimate of drug-likeness (QED) is 0.820. The van der Waals surface area contributed by atoms with E-state index in [0.717, 1.165) is 10.6 Å². The average Bonchev–Trinajstić information content (AvgIpc) is 2.40. The van der Waals surface area contributed by atoms with Crippen molar-refractivity contribution in [3.8, 4) is 0 Å². The van der Waals surface area contributed by atoms with Crippen molar-refractivity contribution in [3.63, 3.8) is 0 Å². The highest BCUT2D eigenvalue weighted by atomic mass is 32.2. The fourth-order valence-electron chi connectivity index (χ4n) is 2.17. The minimum Gasteiger partial charge on any atom is -0.380 e. The number of hydrogen-bond donors (Lipinski definition) is 2. The van der Waals surface area contributed by atoms with Gasteiger partial charge in [-0.15, -0.1) is 11.8 Å². The lowest BCUT2D eigenvalue weighted by Gasteiger charge is -2.30. The van der Waals surface area contributed by atoms with Gasteiger partial charge in [0, 0.05) is 21.9 Å². The molecule has 1 aromatic carbocycles. The van der Waals surface area contributed by atoms with E-state index in [-0.39, 0.29) is 5.91 Å². The van der Waals surface area contributed by atoms with Crippen molar-refractivity contribution in [3.05, 3.63) is 24.3 Å². The van der Waals surface area contributed by atoms with E-state index in [2.05, 4.69) is 18.3 Å². The van der Waals surface area contributed by atoms with Crippen LogP contribution in [0.3, 0.4) is 0 Å². The first-order valence-electron chi connectivity index (χ1n) is 6.55. The number of nitrogens with one attached hydrogen (secondary N) is 1. The number of para-hydroxylation sites is 1. The Morgan fingerprint density at radius 1 is 1.53 bits per heavy atom. The van der Waals surface area contributed by atoms with Gasteiger partial charge in [0.1, 0.15) is 0 Å². The molecular formula is C14H20N2OS2. The summed E-state index contributed by atoms with van der Waals surface area (Å²) in [5, 5.41) is 4.26. The fraction of sp³-hybridized carbons (Fsp3) is 0.500. The number of primary amides is 1. The second kappa shape index (κ2) is 7.10. The normalized spacial score (nSPS) is 23.0. The molecule has 0 aliphatic carbocycles. The van der Waals surface area contributed by atoms with Crippen LogP contribution in [0.5, 0.6) is 0 Å². The molecule has 0 bridgehead atoms. The zero-order valence-electron chi connectivity index (χ0n) is 11.1. The lowest BCUT2D eigenvalue weighted by Crippen LogP contribution is -2.32. The smallest absolute Gasteiger partial charge is 0.227 e. The number of rotatable bonds is 5. The molecule has 0 spiro atoms. The molecule has 1 heterocycles. The molecule has 3 nitrogen and oxygen atoms in total. The summed E-state index contributed by atoms with van der Waals surface area (Å²) in [7, 11) is 0. The number of benzene rings is 1. The van der Waals surface area contributed by atoms with Crippen molar-refractivity contribution in [2.45, 2.75) is 36.0 Å². The molecule has 2 atom stereocenters. The molecule has 1 aromatic rings. The van der Waals surface area contributed by atoms with Crippen molar-refractivity contribution in [2.75, 3.05) is 16.8 Å². The maximum absolute atomic E-state index is 10.9. The fourth-order valence-corrected chi connectivity index (χ4v) is 4.07. The molecule has 1 saturated heterocycles. The molecule has 3 N–H and O–H groups in total. The number of nitrogens with two attached hydrogens (primary N) is 1. The van der Waals surface area contributed by atoms with Crippen LogP contribution in [0.25, 0.3) is 0 Å². The summed E-state index contributed by atoms with van der Waals surface area (Å²) < 4.78 is 0. The maximum Gasteiger partial charge on any atom is 0.227 e. The van der Waals surface area contributed by atoms with Crippen molar-refractivity contribution in [2.24, 2.45) is 5.73 Å². The van der Waals surface area contributed by atoms with Crippen LogP contribution in [0.4, 0.5) is 5.69 Å². The molecular weight excluding hydrogens is 276 g/mol. The Morgan fingerprint density at radius 2 is 2.32 bits per heavy atom. The first kappa shape index (κ1) is 14.6. The number of carbonyl (C=O) groups is 1. The van der Waals surface area contributed by atoms with Crippen molar-refractivity contribution in [1.29, 1.82) is 0 Å². The van der Waals surface area contributed by atoms with E-state index >= 15 is 0 Å². The first-order valence-corrected chi connectivity index (χ1v) is 8.58. The Hall–Kier alpha value is -0.810. The molecule has 0 saturated carbocycles. The zero-order chi connectivity index (χ0) is 13.7. The van der Waals surface area contributed by atoms with E-state index < -0.39 is 0 Å². The molecule has 2 rings (SSSR count). The molecule has 0 aromatic heterocycles. The van der Waals surface area contributed by atoms with Crippen molar-refractivity contribution in [1.82, 2.24) is 0 Å². The summed E-state index contributed by atoms with van der Waals surface area (Å²) >= 11 is 3.53. The van der Waals surface area contributed by atoms with Gasteiger partial charge in [0.05, 0.1) is 5.75 Å². The summed E-state index contributed by atoms with van der Waals surface area (Å²) in [6.45, 7) is 2.28. The Kier molecular flexibility index (Phi) is 5.45. The van der Waals surface area contributed by atoms with Crippen LogP contribution in [-0.2, 0) is 4.79 Å². The number of thioether (sulfide) groups is 2. The summed E-state index contributed by atoms with van der Waals surface area (Å²) in [6, 6.07) is 8.64. The molecule has 19 heavy (non-hydrogen) atoms. The van der Waals surface area contributed by atoms with E-state index in [1.807, 2.05) is 30.0 Å². The van der Waals surface area contributed by atoms with E-state index in [9.17, 15) is 4.79 Å². The summed E-state index contributed by atoms with van der Waals surface area (Å²) in [5.41, 5.74) is 6.33. The standard InChI is InChI=1S/C14H20N2OS2/c1-10-11(6-4-8-18-10)16-12-5-2-3-7-13(12)19-9-14(15)17/h2-3,5,7,10-11,16H,4,6,8-9H2,1H3,(H2,15,17). The van der Waals surface area contributed by atoms with E-state index in [1.165, 1.54) is 30.4 Å². The van der Waals surface area contributed by atoms with Crippen LogP contribution < -0.4 is 11.1 Å². The molecule has 1 aliphatic rings. The van der Waals surface area contributed by atoms with Crippen LogP contribution in [0, 0.1) is 0 Å². The monoisotopic (exact) mass is 296 g/mol. The number of hydrogen-bond acceptors (Lipinski definition) is 4. The van der Waals surface area contributed by atoms with E-state index in [1.54, 1.807) is 0 Å². The second-order valence-electron chi connectivity index (χ2n) is 4.72. The van der Waals surface area contributed by atoms with Gasteiger partial charge in [-0.1, -0.05) is 19.1 Å². The lowest BCUT2D eigenvalue weighted by atomic mass is 10.1. The highest BCUT2D eigenvalue weighted by molar-refractivity contribution is 8.00. The molecule has 0 radical (unpaired) electrons. The van der Waals surface area contributed by atoms with Gasteiger partial charge in [-0.2, -0.15) is 11.8 Å². The topological polar surface area (TPSA) is 55.1 Å². The van der Waals surface area contributed by atoms with E-state index in [4.69, 9.17) is 5.73 Å².